The molecule has 0 spiro atoms. The molecule has 19 heavy (non-hydrogen) atoms. The Morgan fingerprint density at radius 2 is 1.84 bits per heavy atom. The summed E-state index contributed by atoms with van der Waals surface area (Å²) in [4.78, 5) is 11.5. The number of amides is 2. The standard InChI is InChI=1S/C12H18N2O3S.Na.H/c1-3-4-9-13-12(15)14-18(16,17)11-7-5-10(2)6-8-11;;/h5-8H,3-4,9H2,1-2H3,(H2,13,14,15);;/q;+1;-1. The maximum absolute atomic E-state index is 11.8. The van der Waals surface area contributed by atoms with Gasteiger partial charge in [-0.2, -0.15) is 0 Å². The van der Waals surface area contributed by atoms with Crippen LogP contribution in [0.1, 0.15) is 26.8 Å². The first-order valence-corrected chi connectivity index (χ1v) is 7.31. The molecule has 0 bridgehead atoms. The zero-order valence-corrected chi connectivity index (χ0v) is 14.4. The summed E-state index contributed by atoms with van der Waals surface area (Å²) < 4.78 is 25.6. The van der Waals surface area contributed by atoms with Gasteiger partial charge in [0.2, 0.25) is 0 Å². The van der Waals surface area contributed by atoms with Gasteiger partial charge in [0, 0.05) is 6.54 Å². The molecule has 0 heterocycles. The third-order valence-electron chi connectivity index (χ3n) is 2.37. The molecular formula is C12H19N2NaO3S. The molecule has 0 aromatic heterocycles. The number of hydrogen-bond donors (Lipinski definition) is 2. The number of nitrogens with one attached hydrogen (secondary N) is 2. The Balaban J connectivity index is 0. The van der Waals surface area contributed by atoms with E-state index in [0.29, 0.717) is 6.54 Å². The van der Waals surface area contributed by atoms with Crippen molar-refractivity contribution in [1.82, 2.24) is 10.0 Å². The van der Waals surface area contributed by atoms with Crippen molar-refractivity contribution in [3.05, 3.63) is 29.8 Å². The van der Waals surface area contributed by atoms with Gasteiger partial charge >= 0.3 is 35.6 Å². The molecule has 0 atom stereocenters. The van der Waals surface area contributed by atoms with Gasteiger partial charge in [-0.05, 0) is 25.5 Å². The topological polar surface area (TPSA) is 75.3 Å². The van der Waals surface area contributed by atoms with Gasteiger partial charge in [-0.25, -0.2) is 17.9 Å². The van der Waals surface area contributed by atoms with Crippen molar-refractivity contribution in [2.75, 3.05) is 6.54 Å². The van der Waals surface area contributed by atoms with E-state index in [9.17, 15) is 13.2 Å². The molecule has 5 nitrogen and oxygen atoms in total. The summed E-state index contributed by atoms with van der Waals surface area (Å²) >= 11 is 0. The monoisotopic (exact) mass is 294 g/mol. The molecule has 2 amide bonds. The fourth-order valence-corrected chi connectivity index (χ4v) is 2.24. The van der Waals surface area contributed by atoms with E-state index in [1.165, 1.54) is 12.1 Å². The quantitative estimate of drug-likeness (QED) is 0.535. The summed E-state index contributed by atoms with van der Waals surface area (Å²) in [7, 11) is -3.78. The van der Waals surface area contributed by atoms with Crippen LogP contribution in [0.2, 0.25) is 0 Å². The number of sulfonamides is 1. The smallest absolute Gasteiger partial charge is 1.00 e. The van der Waals surface area contributed by atoms with Gasteiger partial charge in [0.15, 0.2) is 0 Å². The molecule has 0 saturated heterocycles. The van der Waals surface area contributed by atoms with Gasteiger partial charge in [-0.15, -0.1) is 0 Å². The summed E-state index contributed by atoms with van der Waals surface area (Å²) in [5.41, 5.74) is 0.960. The molecule has 1 aromatic carbocycles. The van der Waals surface area contributed by atoms with Crippen molar-refractivity contribution >= 4 is 16.1 Å². The maximum atomic E-state index is 11.8. The minimum atomic E-state index is -3.78. The first-order valence-electron chi connectivity index (χ1n) is 5.83. The van der Waals surface area contributed by atoms with E-state index in [-0.39, 0.29) is 35.9 Å². The van der Waals surface area contributed by atoms with Crippen LogP contribution in [0, 0.1) is 6.92 Å². The predicted octanol–water partition coefficient (Wildman–Crippen LogP) is -1.10. The number of rotatable bonds is 5. The molecule has 7 heteroatoms. The number of aryl methyl sites for hydroxylation is 1. The van der Waals surface area contributed by atoms with Gasteiger partial charge in [0.1, 0.15) is 0 Å². The minimum Gasteiger partial charge on any atom is -1.00 e. The van der Waals surface area contributed by atoms with Crippen LogP contribution in [0.4, 0.5) is 4.79 Å². The molecule has 0 saturated carbocycles. The molecule has 1 rings (SSSR count). The SMILES string of the molecule is CCCCNC(=O)NS(=O)(=O)c1ccc(C)cc1.[H-].[Na+]. The second kappa shape index (κ2) is 8.58. The number of unbranched alkanes of at least 4 members (excludes halogenated alkanes) is 1. The molecule has 102 valence electrons. The van der Waals surface area contributed by atoms with Gasteiger partial charge < -0.3 is 6.74 Å². The number of hydrogen-bond acceptors (Lipinski definition) is 3. The van der Waals surface area contributed by atoms with Crippen LogP contribution in [0.3, 0.4) is 0 Å². The van der Waals surface area contributed by atoms with Gasteiger partial charge in [-0.1, -0.05) is 31.0 Å². The molecule has 0 fully saturated rings. The van der Waals surface area contributed by atoms with Crippen LogP contribution < -0.4 is 39.6 Å². The Kier molecular flexibility index (Phi) is 8.33. The number of carbonyl (C=O) groups is 1. The van der Waals surface area contributed by atoms with Gasteiger partial charge in [-0.3, -0.25) is 0 Å². The first kappa shape index (κ1) is 18.4. The summed E-state index contributed by atoms with van der Waals surface area (Å²) in [5.74, 6) is 0. The summed E-state index contributed by atoms with van der Waals surface area (Å²) in [6.07, 6.45) is 1.75. The van der Waals surface area contributed by atoms with Crippen LogP contribution in [-0.4, -0.2) is 21.0 Å². The normalized spacial score (nSPS) is 10.4. The predicted molar refractivity (Wildman–Crippen MR) is 70.9 cm³/mol. The molecule has 0 unspecified atom stereocenters. The maximum Gasteiger partial charge on any atom is 1.00 e. The molecule has 2 N–H and O–H groups in total. The fraction of sp³-hybridized carbons (Fsp3) is 0.417. The Hall–Kier alpha value is -0.560. The number of carbonyl (C=O) groups excluding carboxylic acids is 1. The van der Waals surface area contributed by atoms with E-state index in [4.69, 9.17) is 0 Å². The Morgan fingerprint density at radius 3 is 2.37 bits per heavy atom. The zero-order valence-electron chi connectivity index (χ0n) is 12.6. The van der Waals surface area contributed by atoms with Gasteiger partial charge in [0.05, 0.1) is 4.90 Å². The van der Waals surface area contributed by atoms with Crippen molar-refractivity contribution in [3.63, 3.8) is 0 Å². The Morgan fingerprint density at radius 1 is 1.26 bits per heavy atom. The van der Waals surface area contributed by atoms with Crippen molar-refractivity contribution in [3.8, 4) is 0 Å². The minimum absolute atomic E-state index is 0. The summed E-state index contributed by atoms with van der Waals surface area (Å²) in [6.45, 7) is 4.32. The van der Waals surface area contributed by atoms with Crippen molar-refractivity contribution in [2.45, 2.75) is 31.6 Å². The third-order valence-corrected chi connectivity index (χ3v) is 3.72. The van der Waals surface area contributed by atoms with Crippen molar-refractivity contribution < 1.29 is 44.2 Å². The van der Waals surface area contributed by atoms with Crippen LogP contribution in [0.15, 0.2) is 29.2 Å². The zero-order chi connectivity index (χ0) is 13.6. The van der Waals surface area contributed by atoms with Gasteiger partial charge in [0.25, 0.3) is 10.0 Å². The van der Waals surface area contributed by atoms with Crippen LogP contribution in [0.5, 0.6) is 0 Å². The van der Waals surface area contributed by atoms with Crippen molar-refractivity contribution in [2.24, 2.45) is 0 Å². The second-order valence-corrected chi connectivity index (χ2v) is 5.71. The van der Waals surface area contributed by atoms with E-state index in [0.717, 1.165) is 18.4 Å². The first-order chi connectivity index (χ1) is 8.45. The van der Waals surface area contributed by atoms with E-state index in [1.807, 2.05) is 18.6 Å². The molecule has 0 aliphatic heterocycles. The van der Waals surface area contributed by atoms with Crippen LogP contribution in [-0.2, 0) is 10.0 Å². The largest absolute Gasteiger partial charge is 1.00 e. The molecule has 0 aliphatic rings. The van der Waals surface area contributed by atoms with Crippen LogP contribution >= 0.6 is 0 Å². The molecule has 0 aliphatic carbocycles. The number of urea groups is 1. The van der Waals surface area contributed by atoms with E-state index in [1.54, 1.807) is 12.1 Å². The third kappa shape index (κ3) is 6.42. The van der Waals surface area contributed by atoms with Crippen molar-refractivity contribution in [1.29, 1.82) is 0 Å². The Bertz CT molecular complexity index is 506. The molecule has 1 aromatic rings. The van der Waals surface area contributed by atoms with E-state index >= 15 is 0 Å². The second-order valence-electron chi connectivity index (χ2n) is 4.03. The number of benzene rings is 1. The molecule has 0 radical (unpaired) electrons. The van der Waals surface area contributed by atoms with E-state index in [2.05, 4.69) is 5.32 Å². The van der Waals surface area contributed by atoms with E-state index < -0.39 is 16.1 Å². The Labute approximate surface area is 138 Å². The molecular weight excluding hydrogens is 275 g/mol. The van der Waals surface area contributed by atoms with Crippen LogP contribution in [0.25, 0.3) is 0 Å². The summed E-state index contributed by atoms with van der Waals surface area (Å²) in [5, 5.41) is 2.49. The average molecular weight is 294 g/mol. The summed E-state index contributed by atoms with van der Waals surface area (Å²) in [6, 6.07) is 5.62. The average Bonchev–Trinajstić information content (AvgIpc) is 2.29. The fourth-order valence-electron chi connectivity index (χ4n) is 1.31.